The summed E-state index contributed by atoms with van der Waals surface area (Å²) in [4.78, 5) is 53.7. The van der Waals surface area contributed by atoms with Gasteiger partial charge in [-0.2, -0.15) is 0 Å². The summed E-state index contributed by atoms with van der Waals surface area (Å²) < 4.78 is 32.7. The van der Waals surface area contributed by atoms with Gasteiger partial charge >= 0.3 is 5.97 Å². The van der Waals surface area contributed by atoms with Gasteiger partial charge in [-0.3, -0.25) is 14.4 Å². The molecule has 49 heavy (non-hydrogen) atoms. The molecule has 2 aliphatic carbocycles. The Morgan fingerprint density at radius 2 is 1.71 bits per heavy atom. The Labute approximate surface area is 287 Å². The molecule has 6 atom stereocenters. The zero-order chi connectivity index (χ0) is 35.1. The number of aliphatic hydroxyl groups is 2. The summed E-state index contributed by atoms with van der Waals surface area (Å²) in [5, 5.41) is 45.4. The van der Waals surface area contributed by atoms with Crippen molar-refractivity contribution in [2.75, 3.05) is 26.9 Å². The van der Waals surface area contributed by atoms with Crippen LogP contribution >= 0.6 is 12.4 Å². The van der Waals surface area contributed by atoms with Crippen molar-refractivity contribution in [3.05, 3.63) is 51.6 Å². The Kier molecular flexibility index (Phi) is 11.7. The van der Waals surface area contributed by atoms with Gasteiger partial charge in [0, 0.05) is 55.2 Å². The molecule has 5 rings (SSSR count). The first kappa shape index (κ1) is 38.1. The first-order valence-corrected chi connectivity index (χ1v) is 15.5. The van der Waals surface area contributed by atoms with Gasteiger partial charge in [0.15, 0.2) is 18.7 Å². The molecule has 0 spiro atoms. The van der Waals surface area contributed by atoms with E-state index in [1.165, 1.54) is 25.3 Å². The Hall–Kier alpha value is -3.67. The fraction of sp³-hybridized carbons (Fsp3) is 0.515. The van der Waals surface area contributed by atoms with Crippen molar-refractivity contribution in [2.45, 2.75) is 82.6 Å². The number of hydrogen-bond acceptors (Lipinski definition) is 15. The zero-order valence-corrected chi connectivity index (χ0v) is 28.1. The van der Waals surface area contributed by atoms with E-state index in [1.54, 1.807) is 20.8 Å². The second-order valence-corrected chi connectivity index (χ2v) is 11.9. The molecule has 1 heterocycles. The van der Waals surface area contributed by atoms with Gasteiger partial charge in [-0.15, -0.1) is 12.4 Å². The lowest BCUT2D eigenvalue weighted by Crippen LogP contribution is -2.53. The van der Waals surface area contributed by atoms with Crippen LogP contribution in [0.2, 0.25) is 0 Å². The third-order valence-corrected chi connectivity index (χ3v) is 8.84. The number of esters is 1. The van der Waals surface area contributed by atoms with Gasteiger partial charge in [0.2, 0.25) is 11.6 Å². The first-order chi connectivity index (χ1) is 22.8. The van der Waals surface area contributed by atoms with Crippen LogP contribution in [0.25, 0.3) is 0 Å². The molecule has 268 valence electrons. The van der Waals surface area contributed by atoms with Crippen LogP contribution in [0.15, 0.2) is 18.2 Å². The number of carbonyl (C=O) groups is 4. The minimum absolute atomic E-state index is 0. The van der Waals surface area contributed by atoms with Crippen molar-refractivity contribution in [1.82, 2.24) is 0 Å². The van der Waals surface area contributed by atoms with E-state index < -0.39 is 108 Å². The second-order valence-electron chi connectivity index (χ2n) is 11.9. The molecule has 2 aromatic rings. The summed E-state index contributed by atoms with van der Waals surface area (Å²) in [6, 6.07) is 3.55. The molecule has 0 unspecified atom stereocenters. The number of Topliss-reactive ketones (excluding diaryl/α,β-unsaturated/α-hetero) is 1. The Morgan fingerprint density at radius 3 is 2.33 bits per heavy atom. The monoisotopic (exact) mass is 709 g/mol. The topological polar surface area (TPSA) is 231 Å². The van der Waals surface area contributed by atoms with Crippen molar-refractivity contribution in [3.8, 4) is 17.2 Å². The number of phenols is 2. The van der Waals surface area contributed by atoms with Crippen LogP contribution in [0.5, 0.6) is 17.2 Å². The van der Waals surface area contributed by atoms with Gasteiger partial charge in [0.25, 0.3) is 6.29 Å². The number of halogens is 1. The maximum absolute atomic E-state index is 13.9. The molecule has 3 aliphatic rings. The summed E-state index contributed by atoms with van der Waals surface area (Å²) in [6.07, 6.45) is -7.01. The molecule has 1 fully saturated rings. The number of ether oxygens (including phenoxy) is 6. The Balaban J connectivity index is 0.00000541. The van der Waals surface area contributed by atoms with Gasteiger partial charge in [-0.25, -0.2) is 4.79 Å². The number of carbonyl (C=O) groups excluding carboxylic acids is 4. The molecule has 1 saturated heterocycles. The van der Waals surface area contributed by atoms with E-state index in [2.05, 4.69) is 0 Å². The van der Waals surface area contributed by atoms with E-state index in [9.17, 15) is 39.6 Å². The number of ketones is 3. The number of rotatable bonds is 11. The summed E-state index contributed by atoms with van der Waals surface area (Å²) in [5.74, 6) is -5.00. The number of aliphatic hydroxyl groups excluding tert-OH is 1. The van der Waals surface area contributed by atoms with Crippen LogP contribution in [0, 0.1) is 0 Å². The molecule has 0 aromatic heterocycles. The zero-order valence-electron chi connectivity index (χ0n) is 27.3. The molecular formula is C33H40ClNO14. The average Bonchev–Trinajstić information content (AvgIpc) is 3.05. The van der Waals surface area contributed by atoms with E-state index >= 15 is 0 Å². The van der Waals surface area contributed by atoms with E-state index in [-0.39, 0.29) is 60.0 Å². The first-order valence-electron chi connectivity index (χ1n) is 15.5. The average molecular weight is 710 g/mol. The van der Waals surface area contributed by atoms with Crippen molar-refractivity contribution in [1.29, 1.82) is 0 Å². The smallest absolute Gasteiger partial charge is 0.363 e. The molecule has 0 saturated carbocycles. The van der Waals surface area contributed by atoms with Crippen LogP contribution in [-0.4, -0.2) is 107 Å². The summed E-state index contributed by atoms with van der Waals surface area (Å²) >= 11 is 0. The minimum atomic E-state index is -2.38. The van der Waals surface area contributed by atoms with E-state index in [4.69, 9.17) is 34.2 Å². The summed E-state index contributed by atoms with van der Waals surface area (Å²) in [5.41, 5.74) is 2.06. The van der Waals surface area contributed by atoms with E-state index in [0.717, 1.165) is 0 Å². The van der Waals surface area contributed by atoms with Crippen LogP contribution in [-0.2, 0) is 39.7 Å². The highest BCUT2D eigenvalue weighted by Crippen LogP contribution is 2.52. The minimum Gasteiger partial charge on any atom is -0.507 e. The molecule has 6 N–H and O–H groups in total. The van der Waals surface area contributed by atoms with E-state index in [0.29, 0.717) is 0 Å². The van der Waals surface area contributed by atoms with Crippen molar-refractivity contribution < 1.29 is 68.0 Å². The fourth-order valence-electron chi connectivity index (χ4n) is 6.43. The van der Waals surface area contributed by atoms with Crippen LogP contribution < -0.4 is 10.5 Å². The standard InChI is InChI=1S/C33H39NO14.ClH/c1-5-44-32(45-6-2)31(41)46-13-20(35)33(42)11-16-23(19(12-33)48-21-10-17(34)26(36)14(3)47-21)30(40)25-24(28(16)38)27(37)15-8-7-9-18(43-4)22(15)29(25)39;/h7-9,14,17,19,21,26,32,36,38,40,42H,5-6,10-13,34H2,1-4H3;1H/t14-,17-,19-,21-,26+,33-;/m0./s1. The number of benzene rings is 2. The predicted molar refractivity (Wildman–Crippen MR) is 170 cm³/mol. The molecule has 0 bridgehead atoms. The van der Waals surface area contributed by atoms with Crippen molar-refractivity contribution in [3.63, 3.8) is 0 Å². The Bertz CT molecular complexity index is 1610. The fourth-order valence-corrected chi connectivity index (χ4v) is 6.43. The lowest BCUT2D eigenvalue weighted by Gasteiger charge is -2.42. The lowest BCUT2D eigenvalue weighted by atomic mass is 9.72. The highest BCUT2D eigenvalue weighted by atomic mass is 35.5. The highest BCUT2D eigenvalue weighted by Gasteiger charge is 2.50. The van der Waals surface area contributed by atoms with Crippen LogP contribution in [0.4, 0.5) is 0 Å². The number of methoxy groups -OCH3 is 1. The Morgan fingerprint density at radius 1 is 1.06 bits per heavy atom. The molecule has 2 aromatic carbocycles. The number of hydrogen-bond donors (Lipinski definition) is 5. The second kappa shape index (κ2) is 15.1. The largest absolute Gasteiger partial charge is 0.507 e. The van der Waals surface area contributed by atoms with Gasteiger partial charge in [0.05, 0.1) is 42.1 Å². The molecule has 15 nitrogen and oxygen atoms in total. The van der Waals surface area contributed by atoms with Crippen molar-refractivity contribution in [2.24, 2.45) is 5.73 Å². The van der Waals surface area contributed by atoms with Gasteiger partial charge < -0.3 is 54.6 Å². The number of aromatic hydroxyl groups is 2. The van der Waals surface area contributed by atoms with Crippen LogP contribution in [0.1, 0.15) is 82.7 Å². The molecule has 0 amide bonds. The van der Waals surface area contributed by atoms with Gasteiger partial charge in [0.1, 0.15) is 22.8 Å². The number of nitrogens with two attached hydrogens (primary N) is 1. The third-order valence-electron chi connectivity index (χ3n) is 8.84. The molecule has 16 heteroatoms. The predicted octanol–water partition coefficient (Wildman–Crippen LogP) is 1.37. The highest BCUT2D eigenvalue weighted by molar-refractivity contribution is 6.31. The number of phenolic OH excluding ortho intramolecular Hbond substituents is 2. The van der Waals surface area contributed by atoms with Gasteiger partial charge in [-0.1, -0.05) is 12.1 Å². The molecule has 1 aliphatic heterocycles. The van der Waals surface area contributed by atoms with Gasteiger partial charge in [-0.05, 0) is 26.8 Å². The quantitative estimate of drug-likeness (QED) is 0.108. The normalized spacial score (nSPS) is 25.9. The third kappa shape index (κ3) is 6.90. The maximum Gasteiger partial charge on any atom is 0.363 e. The SMILES string of the molecule is CCOC(OCC)C(=O)OCC(=O)[C@]1(O)Cc2c(O)c3c(c(O)c2[C@@H](O[C@H]2C[C@H](N)[C@H](O)[C@H](C)O2)C1)C(=O)c1c(OC)cccc1C3=O.Cl. The van der Waals surface area contributed by atoms with Crippen molar-refractivity contribution >= 4 is 35.7 Å². The summed E-state index contributed by atoms with van der Waals surface area (Å²) in [6.45, 7) is 4.12. The lowest BCUT2D eigenvalue weighted by molar-refractivity contribution is -0.247. The maximum atomic E-state index is 13.9. The molecular weight excluding hydrogens is 670 g/mol. The summed E-state index contributed by atoms with van der Waals surface area (Å²) in [7, 11) is 1.31. The van der Waals surface area contributed by atoms with Crippen LogP contribution in [0.3, 0.4) is 0 Å². The van der Waals surface area contributed by atoms with E-state index in [1.807, 2.05) is 0 Å². The number of fused-ring (bicyclic) bond motifs is 3. The molecule has 0 radical (unpaired) electrons.